The molecule has 2 aromatic carbocycles. The number of rotatable bonds is 6. The van der Waals surface area contributed by atoms with Crippen LogP contribution in [-0.4, -0.2) is 55.7 Å². The number of nitrogens with zero attached hydrogens (tertiary/aromatic N) is 1. The van der Waals surface area contributed by atoms with Gasteiger partial charge in [0, 0.05) is 13.1 Å². The van der Waals surface area contributed by atoms with E-state index in [0.29, 0.717) is 25.9 Å². The highest BCUT2D eigenvalue weighted by atomic mass is 32.2. The van der Waals surface area contributed by atoms with Gasteiger partial charge in [0.25, 0.3) is 0 Å². The molecule has 0 spiro atoms. The lowest BCUT2D eigenvalue weighted by atomic mass is 9.96. The lowest BCUT2D eigenvalue weighted by Gasteiger charge is -2.37. The van der Waals surface area contributed by atoms with Gasteiger partial charge in [0.15, 0.2) is 0 Å². The van der Waals surface area contributed by atoms with Crippen LogP contribution in [0, 0.1) is 0 Å². The van der Waals surface area contributed by atoms with Gasteiger partial charge in [0.1, 0.15) is 0 Å². The molecule has 1 saturated heterocycles. The molecule has 2 aliphatic rings. The second-order valence-corrected chi connectivity index (χ2v) is 9.85. The van der Waals surface area contributed by atoms with E-state index in [1.807, 2.05) is 17.0 Å². The second kappa shape index (κ2) is 9.48. The van der Waals surface area contributed by atoms with Crippen LogP contribution in [-0.2, 0) is 32.5 Å². The molecule has 2 aromatic rings. The molecule has 166 valence electrons. The Morgan fingerprint density at radius 3 is 2.52 bits per heavy atom. The van der Waals surface area contributed by atoms with Gasteiger partial charge in [0.2, 0.25) is 15.9 Å². The van der Waals surface area contributed by atoms with Gasteiger partial charge in [0.05, 0.1) is 36.2 Å². The van der Waals surface area contributed by atoms with E-state index >= 15 is 0 Å². The van der Waals surface area contributed by atoms with Crippen LogP contribution in [0.5, 0.6) is 0 Å². The zero-order valence-corrected chi connectivity index (χ0v) is 18.1. The highest BCUT2D eigenvalue weighted by molar-refractivity contribution is 7.89. The zero-order chi connectivity index (χ0) is 21.8. The Morgan fingerprint density at radius 2 is 1.77 bits per heavy atom. The van der Waals surface area contributed by atoms with Crippen LogP contribution in [0.2, 0.25) is 0 Å². The molecule has 2 N–H and O–H groups in total. The fourth-order valence-electron chi connectivity index (χ4n) is 4.32. The van der Waals surface area contributed by atoms with Crippen molar-refractivity contribution < 1.29 is 23.1 Å². The Labute approximate surface area is 183 Å². The van der Waals surface area contributed by atoms with Crippen molar-refractivity contribution in [3.8, 4) is 0 Å². The third kappa shape index (κ3) is 5.15. The lowest BCUT2D eigenvalue weighted by molar-refractivity contribution is -0.140. The van der Waals surface area contributed by atoms with Gasteiger partial charge in [-0.1, -0.05) is 42.5 Å². The summed E-state index contributed by atoms with van der Waals surface area (Å²) in [5.74, 6) is 0.0273. The first-order valence-corrected chi connectivity index (χ1v) is 12.1. The van der Waals surface area contributed by atoms with E-state index in [-0.39, 0.29) is 29.9 Å². The molecule has 4 rings (SSSR count). The minimum absolute atomic E-state index is 0.0273. The van der Waals surface area contributed by atoms with Crippen molar-refractivity contribution in [3.05, 3.63) is 65.7 Å². The molecular formula is C23H28N2O5S. The summed E-state index contributed by atoms with van der Waals surface area (Å²) in [4.78, 5) is 14.9. The molecule has 1 amide bonds. The van der Waals surface area contributed by atoms with Crippen LogP contribution in [0.1, 0.15) is 30.4 Å². The summed E-state index contributed by atoms with van der Waals surface area (Å²) >= 11 is 0. The average molecular weight is 445 g/mol. The molecule has 0 aliphatic carbocycles. The van der Waals surface area contributed by atoms with Crippen LogP contribution in [0.4, 0.5) is 0 Å². The molecule has 1 fully saturated rings. The number of aliphatic hydroxyl groups excluding tert-OH is 1. The topological polar surface area (TPSA) is 95.9 Å². The average Bonchev–Trinajstić information content (AvgIpc) is 2.80. The summed E-state index contributed by atoms with van der Waals surface area (Å²) in [7, 11) is -3.71. The largest absolute Gasteiger partial charge is 0.394 e. The van der Waals surface area contributed by atoms with Crippen molar-refractivity contribution in [2.24, 2.45) is 0 Å². The quantitative estimate of drug-likeness (QED) is 0.709. The second-order valence-electron chi connectivity index (χ2n) is 8.14. The molecule has 0 unspecified atom stereocenters. The molecule has 8 heteroatoms. The van der Waals surface area contributed by atoms with Gasteiger partial charge < -0.3 is 14.7 Å². The van der Waals surface area contributed by atoms with Gasteiger partial charge in [-0.05, 0) is 42.5 Å². The number of ether oxygens (including phenoxy) is 1. The van der Waals surface area contributed by atoms with Gasteiger partial charge in [-0.2, -0.15) is 0 Å². The van der Waals surface area contributed by atoms with Gasteiger partial charge in [-0.25, -0.2) is 13.1 Å². The maximum atomic E-state index is 12.8. The fraction of sp³-hybridized carbons (Fsp3) is 0.435. The number of nitrogens with one attached hydrogen (secondary N) is 1. The van der Waals surface area contributed by atoms with Crippen molar-refractivity contribution in [3.63, 3.8) is 0 Å². The molecule has 2 aliphatic heterocycles. The first-order valence-electron chi connectivity index (χ1n) is 10.6. The van der Waals surface area contributed by atoms with Crippen molar-refractivity contribution in [2.75, 3.05) is 13.2 Å². The molecule has 31 heavy (non-hydrogen) atoms. The summed E-state index contributed by atoms with van der Waals surface area (Å²) in [5, 5.41) is 9.78. The Hall–Kier alpha value is -2.26. The Kier molecular flexibility index (Phi) is 6.71. The first kappa shape index (κ1) is 22.0. The highest BCUT2D eigenvalue weighted by Gasteiger charge is 2.35. The first-order chi connectivity index (χ1) is 15.0. The number of sulfonamides is 1. The Bertz CT molecular complexity index is 1010. The molecule has 3 atom stereocenters. The maximum Gasteiger partial charge on any atom is 0.240 e. The monoisotopic (exact) mass is 444 g/mol. The highest BCUT2D eigenvalue weighted by Crippen LogP contribution is 2.25. The van der Waals surface area contributed by atoms with E-state index in [4.69, 9.17) is 4.74 Å². The normalized spacial score (nSPS) is 23.9. The number of hydrogen-bond donors (Lipinski definition) is 2. The summed E-state index contributed by atoms with van der Waals surface area (Å²) in [6.07, 6.45) is 1.10. The van der Waals surface area contributed by atoms with E-state index in [1.165, 1.54) is 23.3 Å². The van der Waals surface area contributed by atoms with E-state index in [9.17, 15) is 18.3 Å². The smallest absolute Gasteiger partial charge is 0.240 e. The summed E-state index contributed by atoms with van der Waals surface area (Å²) in [5.41, 5.74) is 2.46. The Balaban J connectivity index is 1.34. The van der Waals surface area contributed by atoms with Gasteiger partial charge in [-0.15, -0.1) is 0 Å². The molecule has 0 radical (unpaired) electrons. The van der Waals surface area contributed by atoms with E-state index < -0.39 is 22.2 Å². The Morgan fingerprint density at radius 1 is 1.06 bits per heavy atom. The maximum absolute atomic E-state index is 12.8. The SMILES string of the molecule is O=C(C[C@H]1CC[C@H](NS(=O)(=O)c2ccccc2)[C@H](CO)O1)N1CCc2ccccc2C1. The molecule has 0 bridgehead atoms. The number of carbonyl (C=O) groups is 1. The predicted octanol–water partition coefficient (Wildman–Crippen LogP) is 1.85. The number of amides is 1. The minimum atomic E-state index is -3.71. The predicted molar refractivity (Wildman–Crippen MR) is 116 cm³/mol. The summed E-state index contributed by atoms with van der Waals surface area (Å²) in [6, 6.07) is 15.7. The molecular weight excluding hydrogens is 416 g/mol. The van der Waals surface area contributed by atoms with Crippen LogP contribution in [0.3, 0.4) is 0 Å². The van der Waals surface area contributed by atoms with Crippen LogP contribution in [0.25, 0.3) is 0 Å². The number of benzene rings is 2. The number of fused-ring (bicyclic) bond motifs is 1. The summed E-state index contributed by atoms with van der Waals surface area (Å²) in [6.45, 7) is 0.972. The van der Waals surface area contributed by atoms with E-state index in [1.54, 1.807) is 18.2 Å². The van der Waals surface area contributed by atoms with Crippen LogP contribution in [0.15, 0.2) is 59.5 Å². The molecule has 2 heterocycles. The molecule has 0 saturated carbocycles. The van der Waals surface area contributed by atoms with Crippen molar-refractivity contribution in [1.29, 1.82) is 0 Å². The molecule has 0 aromatic heterocycles. The number of hydrogen-bond acceptors (Lipinski definition) is 5. The van der Waals surface area contributed by atoms with E-state index in [0.717, 1.165) is 6.42 Å². The standard InChI is InChI=1S/C23H28N2O5S/c26-16-22-21(24-31(28,29)20-8-2-1-3-9-20)11-10-19(30-22)14-23(27)25-13-12-17-6-4-5-7-18(17)15-25/h1-9,19,21-22,24,26H,10-16H2/t19-,21+,22+/m1/s1. The van der Waals surface area contributed by atoms with E-state index in [2.05, 4.69) is 16.9 Å². The lowest BCUT2D eigenvalue weighted by Crippen LogP contribution is -2.51. The van der Waals surface area contributed by atoms with Crippen molar-refractivity contribution >= 4 is 15.9 Å². The zero-order valence-electron chi connectivity index (χ0n) is 17.3. The summed E-state index contributed by atoms with van der Waals surface area (Å²) < 4.78 is 33.8. The third-order valence-electron chi connectivity index (χ3n) is 6.04. The van der Waals surface area contributed by atoms with Crippen molar-refractivity contribution in [1.82, 2.24) is 9.62 Å². The molecule has 7 nitrogen and oxygen atoms in total. The number of carbonyl (C=O) groups excluding carboxylic acids is 1. The van der Waals surface area contributed by atoms with Gasteiger partial charge in [-0.3, -0.25) is 4.79 Å². The fourth-order valence-corrected chi connectivity index (χ4v) is 5.64. The van der Waals surface area contributed by atoms with Crippen molar-refractivity contribution in [2.45, 2.75) is 55.4 Å². The van der Waals surface area contributed by atoms with Gasteiger partial charge >= 0.3 is 0 Å². The van der Waals surface area contributed by atoms with Crippen LogP contribution < -0.4 is 4.72 Å². The van der Waals surface area contributed by atoms with Crippen LogP contribution >= 0.6 is 0 Å². The third-order valence-corrected chi connectivity index (χ3v) is 7.55. The number of aliphatic hydroxyl groups is 1. The minimum Gasteiger partial charge on any atom is -0.394 e.